The van der Waals surface area contributed by atoms with Gasteiger partial charge in [-0.2, -0.15) is 0 Å². The van der Waals surface area contributed by atoms with Crippen molar-refractivity contribution in [3.63, 3.8) is 0 Å². The number of hydrogen-bond acceptors (Lipinski definition) is 2. The SMILES string of the molecule is CC(C)=CCC/C(C)=C/CC/C(C)=C/CC/C(C)=C/CC/C(C)=C/C(=O)NCCN.Cl. The molecule has 0 radical (unpaired) electrons. The Morgan fingerprint density at radius 1 is 0.677 bits per heavy atom. The van der Waals surface area contributed by atoms with Crippen LogP contribution in [0.5, 0.6) is 0 Å². The van der Waals surface area contributed by atoms with E-state index >= 15 is 0 Å². The summed E-state index contributed by atoms with van der Waals surface area (Å²) in [7, 11) is 0. The van der Waals surface area contributed by atoms with Gasteiger partial charge in [-0.3, -0.25) is 4.79 Å². The number of carbonyl (C=O) groups excluding carboxylic acids is 1. The van der Waals surface area contributed by atoms with Crippen molar-refractivity contribution in [1.29, 1.82) is 0 Å². The van der Waals surface area contributed by atoms with Crippen LogP contribution in [0.2, 0.25) is 0 Å². The molecule has 0 bridgehead atoms. The lowest BCUT2D eigenvalue weighted by molar-refractivity contribution is -0.116. The largest absolute Gasteiger partial charge is 0.351 e. The van der Waals surface area contributed by atoms with Gasteiger partial charge in [-0.05, 0) is 92.9 Å². The van der Waals surface area contributed by atoms with E-state index in [-0.39, 0.29) is 18.3 Å². The van der Waals surface area contributed by atoms with Gasteiger partial charge in [0, 0.05) is 19.2 Å². The van der Waals surface area contributed by atoms with Crippen LogP contribution in [-0.2, 0) is 4.79 Å². The average molecular weight is 451 g/mol. The molecule has 0 aliphatic heterocycles. The van der Waals surface area contributed by atoms with Crippen molar-refractivity contribution in [2.24, 2.45) is 5.73 Å². The van der Waals surface area contributed by atoms with Crippen molar-refractivity contribution in [2.75, 3.05) is 13.1 Å². The van der Waals surface area contributed by atoms with E-state index in [9.17, 15) is 4.79 Å². The van der Waals surface area contributed by atoms with Gasteiger partial charge in [-0.25, -0.2) is 0 Å². The van der Waals surface area contributed by atoms with E-state index in [2.05, 4.69) is 64.2 Å². The number of hydrogen-bond donors (Lipinski definition) is 2. The second-order valence-electron chi connectivity index (χ2n) is 8.66. The fraction of sp³-hybridized carbons (Fsp3) is 0.593. The first kappa shape index (κ1) is 31.6. The molecule has 0 saturated heterocycles. The number of halogens is 1. The minimum atomic E-state index is -0.0443. The minimum Gasteiger partial charge on any atom is -0.351 e. The van der Waals surface area contributed by atoms with Crippen LogP contribution in [0.1, 0.15) is 92.9 Å². The number of allylic oxidation sites excluding steroid dienone is 9. The smallest absolute Gasteiger partial charge is 0.243 e. The molecule has 0 fully saturated rings. The predicted molar refractivity (Wildman–Crippen MR) is 141 cm³/mol. The topological polar surface area (TPSA) is 55.1 Å². The van der Waals surface area contributed by atoms with Crippen LogP contribution >= 0.6 is 12.4 Å². The van der Waals surface area contributed by atoms with Crippen molar-refractivity contribution >= 4 is 18.3 Å². The zero-order chi connectivity index (χ0) is 22.8. The molecule has 4 heteroatoms. The highest BCUT2D eigenvalue weighted by Gasteiger charge is 1.97. The molecule has 0 aromatic heterocycles. The van der Waals surface area contributed by atoms with Gasteiger partial charge in [-0.1, -0.05) is 52.2 Å². The molecule has 0 atom stereocenters. The maximum atomic E-state index is 11.6. The van der Waals surface area contributed by atoms with Crippen LogP contribution in [0.25, 0.3) is 0 Å². The van der Waals surface area contributed by atoms with Crippen molar-refractivity contribution < 1.29 is 4.79 Å². The molecular formula is C27H47ClN2O. The van der Waals surface area contributed by atoms with E-state index in [0.717, 1.165) is 50.5 Å². The van der Waals surface area contributed by atoms with E-state index < -0.39 is 0 Å². The van der Waals surface area contributed by atoms with Gasteiger partial charge in [0.2, 0.25) is 5.91 Å². The maximum Gasteiger partial charge on any atom is 0.243 e. The van der Waals surface area contributed by atoms with Crippen LogP contribution in [-0.4, -0.2) is 19.0 Å². The molecule has 0 spiro atoms. The standard InChI is InChI=1S/C27H46N2O.ClH/c1-22(2)11-7-12-23(3)13-8-14-24(4)15-9-16-25(5)17-10-18-26(6)21-27(30)29-20-19-28;/h11,13,15,17,21H,7-10,12,14,16,18-20,28H2,1-6H3,(H,29,30);1H/b23-13+,24-15+,25-17+,26-21+;. The van der Waals surface area contributed by atoms with Gasteiger partial charge in [-0.15, -0.1) is 12.4 Å². The summed E-state index contributed by atoms with van der Waals surface area (Å²) in [6.45, 7) is 14.0. The monoisotopic (exact) mass is 450 g/mol. The van der Waals surface area contributed by atoms with Crippen LogP contribution in [0.4, 0.5) is 0 Å². The number of rotatable bonds is 15. The lowest BCUT2D eigenvalue weighted by atomic mass is 10.0. The molecule has 0 aliphatic carbocycles. The van der Waals surface area contributed by atoms with Crippen LogP contribution < -0.4 is 11.1 Å². The summed E-state index contributed by atoms with van der Waals surface area (Å²) < 4.78 is 0. The van der Waals surface area contributed by atoms with E-state index in [1.807, 2.05) is 6.92 Å². The van der Waals surface area contributed by atoms with Crippen molar-refractivity contribution in [1.82, 2.24) is 5.32 Å². The second kappa shape index (κ2) is 20.3. The molecule has 0 unspecified atom stereocenters. The summed E-state index contributed by atoms with van der Waals surface area (Å²) in [6, 6.07) is 0. The zero-order valence-corrected chi connectivity index (χ0v) is 21.7. The van der Waals surface area contributed by atoms with E-state index in [1.54, 1.807) is 6.08 Å². The quantitative estimate of drug-likeness (QED) is 0.202. The molecule has 3 N–H and O–H groups in total. The van der Waals surface area contributed by atoms with Gasteiger partial charge in [0.15, 0.2) is 0 Å². The molecule has 0 aromatic rings. The summed E-state index contributed by atoms with van der Waals surface area (Å²) >= 11 is 0. The first-order valence-corrected chi connectivity index (χ1v) is 11.5. The predicted octanol–water partition coefficient (Wildman–Crippen LogP) is 7.36. The molecule has 0 saturated carbocycles. The molecule has 31 heavy (non-hydrogen) atoms. The third-order valence-electron chi connectivity index (χ3n) is 5.01. The summed E-state index contributed by atoms with van der Waals surface area (Å²) in [5, 5.41) is 2.77. The molecule has 3 nitrogen and oxygen atoms in total. The van der Waals surface area contributed by atoms with Gasteiger partial charge in [0.05, 0.1) is 0 Å². The molecule has 1 amide bonds. The van der Waals surface area contributed by atoms with E-state index in [4.69, 9.17) is 5.73 Å². The van der Waals surface area contributed by atoms with Gasteiger partial charge in [0.1, 0.15) is 0 Å². The third-order valence-corrected chi connectivity index (χ3v) is 5.01. The summed E-state index contributed by atoms with van der Waals surface area (Å²) in [6.07, 6.45) is 19.8. The molecular weight excluding hydrogens is 404 g/mol. The Hall–Kier alpha value is -1.58. The van der Waals surface area contributed by atoms with Gasteiger partial charge in [0.25, 0.3) is 0 Å². The Labute approximate surface area is 198 Å². The Morgan fingerprint density at radius 2 is 1.06 bits per heavy atom. The first-order valence-electron chi connectivity index (χ1n) is 11.5. The highest BCUT2D eigenvalue weighted by Crippen LogP contribution is 2.14. The third kappa shape index (κ3) is 21.4. The Kier molecular flexibility index (Phi) is 20.7. The molecule has 0 heterocycles. The first-order chi connectivity index (χ1) is 14.2. The summed E-state index contributed by atoms with van der Waals surface area (Å²) in [5.74, 6) is -0.0443. The van der Waals surface area contributed by atoms with E-state index in [1.165, 1.54) is 28.7 Å². The Bertz CT molecular complexity index is 650. The highest BCUT2D eigenvalue weighted by atomic mass is 35.5. The summed E-state index contributed by atoms with van der Waals surface area (Å²) in [5.41, 5.74) is 12.3. The lowest BCUT2D eigenvalue weighted by Crippen LogP contribution is -2.27. The minimum absolute atomic E-state index is 0. The Balaban J connectivity index is 0. The van der Waals surface area contributed by atoms with Crippen LogP contribution in [0, 0.1) is 0 Å². The summed E-state index contributed by atoms with van der Waals surface area (Å²) in [4.78, 5) is 11.6. The number of carbonyl (C=O) groups is 1. The van der Waals surface area contributed by atoms with Crippen LogP contribution in [0.3, 0.4) is 0 Å². The van der Waals surface area contributed by atoms with Gasteiger partial charge < -0.3 is 11.1 Å². The fourth-order valence-electron chi connectivity index (χ4n) is 3.08. The molecule has 0 rings (SSSR count). The van der Waals surface area contributed by atoms with Crippen molar-refractivity contribution in [2.45, 2.75) is 92.9 Å². The lowest BCUT2D eigenvalue weighted by Gasteiger charge is -2.03. The zero-order valence-electron chi connectivity index (χ0n) is 20.9. The molecule has 178 valence electrons. The van der Waals surface area contributed by atoms with Crippen molar-refractivity contribution in [3.8, 4) is 0 Å². The number of nitrogens with two attached hydrogens (primary N) is 1. The Morgan fingerprint density at radius 3 is 1.45 bits per heavy atom. The molecule has 0 aliphatic rings. The van der Waals surface area contributed by atoms with Crippen LogP contribution in [0.15, 0.2) is 58.2 Å². The van der Waals surface area contributed by atoms with Gasteiger partial charge >= 0.3 is 0 Å². The van der Waals surface area contributed by atoms with E-state index in [0.29, 0.717) is 13.1 Å². The second-order valence-corrected chi connectivity index (χ2v) is 8.66. The maximum absolute atomic E-state index is 11.6. The number of nitrogens with one attached hydrogen (secondary N) is 1. The normalized spacial score (nSPS) is 13.0. The number of amides is 1. The fourth-order valence-corrected chi connectivity index (χ4v) is 3.08. The average Bonchev–Trinajstić information content (AvgIpc) is 2.66. The highest BCUT2D eigenvalue weighted by molar-refractivity contribution is 5.88. The van der Waals surface area contributed by atoms with Crippen molar-refractivity contribution in [3.05, 3.63) is 58.2 Å². The molecule has 0 aromatic carbocycles.